The third-order valence-electron chi connectivity index (χ3n) is 2.93. The van der Waals surface area contributed by atoms with Gasteiger partial charge in [0.1, 0.15) is 16.8 Å². The van der Waals surface area contributed by atoms with Gasteiger partial charge in [0.2, 0.25) is 0 Å². The molecule has 2 aromatic heterocycles. The second-order valence-electron chi connectivity index (χ2n) is 4.42. The quantitative estimate of drug-likeness (QED) is 0.742. The highest BCUT2D eigenvalue weighted by molar-refractivity contribution is 6.29. The van der Waals surface area contributed by atoms with Crippen LogP contribution in [-0.4, -0.2) is 9.55 Å². The van der Waals surface area contributed by atoms with E-state index in [1.807, 2.05) is 19.9 Å². The summed E-state index contributed by atoms with van der Waals surface area (Å²) in [7, 11) is 1.63. The monoisotopic (exact) mass is 261 g/mol. The lowest BCUT2D eigenvalue weighted by atomic mass is 9.97. The molecule has 0 atom stereocenters. The van der Waals surface area contributed by atoms with Gasteiger partial charge in [-0.25, -0.2) is 4.98 Å². The van der Waals surface area contributed by atoms with Crippen LogP contribution >= 0.6 is 11.6 Å². The molecule has 0 fully saturated rings. The van der Waals surface area contributed by atoms with E-state index in [0.29, 0.717) is 21.7 Å². The van der Waals surface area contributed by atoms with Crippen molar-refractivity contribution < 1.29 is 0 Å². The minimum atomic E-state index is -0.294. The van der Waals surface area contributed by atoms with E-state index in [0.717, 1.165) is 0 Å². The number of hydrogen-bond donors (Lipinski definition) is 0. The van der Waals surface area contributed by atoms with Crippen LogP contribution in [0.5, 0.6) is 0 Å². The van der Waals surface area contributed by atoms with Gasteiger partial charge >= 0.3 is 0 Å². The lowest BCUT2D eigenvalue weighted by Gasteiger charge is -2.14. The zero-order valence-electron chi connectivity index (χ0n) is 10.4. The van der Waals surface area contributed by atoms with E-state index in [4.69, 9.17) is 11.6 Å². The molecule has 5 heteroatoms. The Morgan fingerprint density at radius 1 is 1.44 bits per heavy atom. The van der Waals surface area contributed by atoms with E-state index >= 15 is 0 Å². The first-order chi connectivity index (χ1) is 8.47. The van der Waals surface area contributed by atoms with Crippen LogP contribution in [0.15, 0.2) is 16.9 Å². The highest BCUT2D eigenvalue weighted by atomic mass is 35.5. The smallest absolute Gasteiger partial charge is 0.269 e. The Kier molecular flexibility index (Phi) is 3.10. The fourth-order valence-electron chi connectivity index (χ4n) is 2.08. The van der Waals surface area contributed by atoms with Crippen molar-refractivity contribution in [3.63, 3.8) is 0 Å². The van der Waals surface area contributed by atoms with Crippen molar-refractivity contribution in [1.82, 2.24) is 9.55 Å². The topological polar surface area (TPSA) is 58.7 Å². The second-order valence-corrected chi connectivity index (χ2v) is 4.81. The third-order valence-corrected chi connectivity index (χ3v) is 3.14. The van der Waals surface area contributed by atoms with Gasteiger partial charge < -0.3 is 4.57 Å². The van der Waals surface area contributed by atoms with Gasteiger partial charge in [-0.05, 0) is 18.1 Å². The Morgan fingerprint density at radius 2 is 2.11 bits per heavy atom. The molecule has 0 aliphatic rings. The summed E-state index contributed by atoms with van der Waals surface area (Å²) in [6, 6.07) is 5.37. The van der Waals surface area contributed by atoms with Crippen molar-refractivity contribution in [1.29, 1.82) is 5.26 Å². The maximum Gasteiger partial charge on any atom is 0.269 e. The highest BCUT2D eigenvalue weighted by Gasteiger charge is 2.18. The van der Waals surface area contributed by atoms with Crippen molar-refractivity contribution in [2.75, 3.05) is 0 Å². The number of fused-ring (bicyclic) bond motifs is 1. The average molecular weight is 262 g/mol. The predicted octanol–water partition coefficient (Wildman–Crippen LogP) is 2.58. The molecule has 0 aliphatic carbocycles. The van der Waals surface area contributed by atoms with Crippen LogP contribution in [-0.2, 0) is 7.05 Å². The Bertz CT molecular complexity index is 726. The Labute approximate surface area is 109 Å². The molecule has 0 N–H and O–H groups in total. The molecular weight excluding hydrogens is 250 g/mol. The summed E-state index contributed by atoms with van der Waals surface area (Å²) in [6.45, 7) is 3.86. The molecule has 0 bridgehead atoms. The van der Waals surface area contributed by atoms with Gasteiger partial charge in [0, 0.05) is 12.6 Å². The van der Waals surface area contributed by atoms with Gasteiger partial charge in [-0.1, -0.05) is 25.4 Å². The Morgan fingerprint density at radius 3 is 2.67 bits per heavy atom. The molecule has 18 heavy (non-hydrogen) atoms. The van der Waals surface area contributed by atoms with Gasteiger partial charge in [0.25, 0.3) is 5.56 Å². The van der Waals surface area contributed by atoms with E-state index in [2.05, 4.69) is 4.98 Å². The number of rotatable bonds is 1. The summed E-state index contributed by atoms with van der Waals surface area (Å²) >= 11 is 5.90. The van der Waals surface area contributed by atoms with Gasteiger partial charge in [-0.2, -0.15) is 5.26 Å². The molecule has 2 rings (SSSR count). The second kappa shape index (κ2) is 4.43. The number of nitrogens with zero attached hydrogens (tertiary/aromatic N) is 3. The largest absolute Gasteiger partial charge is 0.309 e. The lowest BCUT2D eigenvalue weighted by molar-refractivity contribution is 0.834. The zero-order chi connectivity index (χ0) is 13.4. The van der Waals surface area contributed by atoms with Gasteiger partial charge in [0.15, 0.2) is 0 Å². The average Bonchev–Trinajstić information content (AvgIpc) is 2.32. The summed E-state index contributed by atoms with van der Waals surface area (Å²) in [6.07, 6.45) is 0. The molecule has 0 spiro atoms. The fraction of sp³-hybridized carbons (Fsp3) is 0.308. The summed E-state index contributed by atoms with van der Waals surface area (Å²) in [4.78, 5) is 16.4. The van der Waals surface area contributed by atoms with Crippen molar-refractivity contribution >= 4 is 22.6 Å². The first-order valence-electron chi connectivity index (χ1n) is 5.56. The van der Waals surface area contributed by atoms with Crippen LogP contribution < -0.4 is 5.56 Å². The summed E-state index contributed by atoms with van der Waals surface area (Å²) in [5.74, 6) is 0.0296. The number of pyridine rings is 2. The van der Waals surface area contributed by atoms with Gasteiger partial charge in [-0.15, -0.1) is 0 Å². The molecular formula is C13H12ClN3O. The number of aromatic nitrogens is 2. The molecule has 0 saturated carbocycles. The van der Waals surface area contributed by atoms with Crippen LogP contribution in [0.1, 0.15) is 30.9 Å². The molecule has 92 valence electrons. The van der Waals surface area contributed by atoms with E-state index < -0.39 is 0 Å². The van der Waals surface area contributed by atoms with Crippen LogP contribution in [0.4, 0.5) is 0 Å². The molecule has 0 aromatic carbocycles. The van der Waals surface area contributed by atoms with Gasteiger partial charge in [-0.3, -0.25) is 4.79 Å². The number of nitriles is 1. The molecule has 0 aliphatic heterocycles. The normalized spacial score (nSPS) is 10.9. The number of halogens is 1. The summed E-state index contributed by atoms with van der Waals surface area (Å²) < 4.78 is 1.43. The first-order valence-corrected chi connectivity index (χ1v) is 5.94. The Hall–Kier alpha value is -1.86. The maximum absolute atomic E-state index is 12.1. The van der Waals surface area contributed by atoms with Crippen molar-refractivity contribution in [2.45, 2.75) is 19.8 Å². The number of hydrogen-bond acceptors (Lipinski definition) is 3. The van der Waals surface area contributed by atoms with Crippen LogP contribution in [0, 0.1) is 11.3 Å². The van der Waals surface area contributed by atoms with E-state index in [9.17, 15) is 10.1 Å². The van der Waals surface area contributed by atoms with Crippen LogP contribution in [0.2, 0.25) is 5.15 Å². The summed E-state index contributed by atoms with van der Waals surface area (Å²) in [5, 5.41) is 9.53. The fourth-order valence-corrected chi connectivity index (χ4v) is 2.23. The van der Waals surface area contributed by atoms with E-state index in [1.54, 1.807) is 19.2 Å². The zero-order valence-corrected chi connectivity index (χ0v) is 11.1. The van der Waals surface area contributed by atoms with Gasteiger partial charge in [0.05, 0.1) is 11.0 Å². The number of aryl methyl sites for hydroxylation is 1. The minimum absolute atomic E-state index is 0.0296. The minimum Gasteiger partial charge on any atom is -0.309 e. The van der Waals surface area contributed by atoms with Crippen molar-refractivity contribution in [2.24, 2.45) is 7.05 Å². The molecule has 2 aromatic rings. The standard InChI is InChI=1S/C13H12ClN3O/c1-7(2)11-8(6-15)13(18)17(3)9-4-5-10(14)16-12(9)11/h4-5,7H,1-3H3. The van der Waals surface area contributed by atoms with E-state index in [1.165, 1.54) is 4.57 Å². The SMILES string of the molecule is CC(C)c1c(C#N)c(=O)n(C)c2ccc(Cl)nc12. The molecule has 0 amide bonds. The van der Waals surface area contributed by atoms with Crippen molar-refractivity contribution in [3.05, 3.63) is 38.8 Å². The van der Waals surface area contributed by atoms with Crippen LogP contribution in [0.25, 0.3) is 11.0 Å². The summed E-state index contributed by atoms with van der Waals surface area (Å²) in [5.41, 5.74) is 1.83. The molecule has 0 radical (unpaired) electrons. The maximum atomic E-state index is 12.1. The molecule has 0 unspecified atom stereocenters. The molecule has 2 heterocycles. The molecule has 4 nitrogen and oxygen atoms in total. The van der Waals surface area contributed by atoms with E-state index in [-0.39, 0.29) is 17.0 Å². The van der Waals surface area contributed by atoms with Crippen LogP contribution in [0.3, 0.4) is 0 Å². The third kappa shape index (κ3) is 1.77. The lowest BCUT2D eigenvalue weighted by Crippen LogP contribution is -2.23. The predicted molar refractivity (Wildman–Crippen MR) is 70.8 cm³/mol. The first kappa shape index (κ1) is 12.6. The van der Waals surface area contributed by atoms with Crippen molar-refractivity contribution in [3.8, 4) is 6.07 Å². The molecule has 0 saturated heterocycles. The highest BCUT2D eigenvalue weighted by Crippen LogP contribution is 2.26. The Balaban J connectivity index is 3.10.